The van der Waals surface area contributed by atoms with Gasteiger partial charge in [0.1, 0.15) is 5.75 Å². The second-order valence-corrected chi connectivity index (χ2v) is 7.26. The summed E-state index contributed by atoms with van der Waals surface area (Å²) in [6, 6.07) is 6.25. The SMILES string of the molecule is CCOc1ccc(Cl)cc1NC1CSCC(C)(C)C1. The Morgan fingerprint density at radius 2 is 2.26 bits per heavy atom. The molecule has 1 unspecified atom stereocenters. The fourth-order valence-electron chi connectivity index (χ4n) is 2.47. The highest BCUT2D eigenvalue weighted by atomic mass is 35.5. The minimum atomic E-state index is 0.394. The highest BCUT2D eigenvalue weighted by molar-refractivity contribution is 7.99. The van der Waals surface area contributed by atoms with E-state index in [0.717, 1.165) is 22.2 Å². The van der Waals surface area contributed by atoms with Gasteiger partial charge in [0.05, 0.1) is 12.3 Å². The summed E-state index contributed by atoms with van der Waals surface area (Å²) in [4.78, 5) is 0. The zero-order valence-electron chi connectivity index (χ0n) is 11.8. The quantitative estimate of drug-likeness (QED) is 0.872. The first-order chi connectivity index (χ1) is 9.00. The van der Waals surface area contributed by atoms with Gasteiger partial charge in [0, 0.05) is 16.8 Å². The molecule has 1 fully saturated rings. The van der Waals surface area contributed by atoms with Crippen LogP contribution in [0.4, 0.5) is 5.69 Å². The van der Waals surface area contributed by atoms with Crippen molar-refractivity contribution < 1.29 is 4.74 Å². The van der Waals surface area contributed by atoms with Gasteiger partial charge in [0.2, 0.25) is 0 Å². The third-order valence-electron chi connectivity index (χ3n) is 3.21. The number of hydrogen-bond donors (Lipinski definition) is 1. The van der Waals surface area contributed by atoms with Gasteiger partial charge in [0.15, 0.2) is 0 Å². The minimum absolute atomic E-state index is 0.394. The zero-order chi connectivity index (χ0) is 13.9. The second kappa shape index (κ2) is 6.27. The summed E-state index contributed by atoms with van der Waals surface area (Å²) < 4.78 is 5.66. The maximum Gasteiger partial charge on any atom is 0.142 e. The van der Waals surface area contributed by atoms with Crippen molar-refractivity contribution in [1.29, 1.82) is 0 Å². The molecule has 0 radical (unpaired) electrons. The molecule has 0 aliphatic carbocycles. The number of anilines is 1. The summed E-state index contributed by atoms with van der Waals surface area (Å²) in [6.07, 6.45) is 1.18. The largest absolute Gasteiger partial charge is 0.492 e. The van der Waals surface area contributed by atoms with Gasteiger partial charge in [-0.05, 0) is 42.7 Å². The average Bonchev–Trinajstić information content (AvgIpc) is 2.31. The molecule has 1 aliphatic heterocycles. The molecular formula is C15H22ClNOS. The van der Waals surface area contributed by atoms with E-state index in [0.29, 0.717) is 18.1 Å². The number of thioether (sulfide) groups is 1. The van der Waals surface area contributed by atoms with Crippen molar-refractivity contribution in [1.82, 2.24) is 0 Å². The van der Waals surface area contributed by atoms with Crippen LogP contribution >= 0.6 is 23.4 Å². The minimum Gasteiger partial charge on any atom is -0.492 e. The Kier molecular flexibility index (Phi) is 4.91. The molecule has 1 aromatic carbocycles. The highest BCUT2D eigenvalue weighted by Crippen LogP contribution is 2.36. The molecule has 0 bridgehead atoms. The van der Waals surface area contributed by atoms with Crippen LogP contribution in [0.15, 0.2) is 18.2 Å². The molecule has 1 aromatic rings. The summed E-state index contributed by atoms with van der Waals surface area (Å²) in [5, 5.41) is 4.34. The Morgan fingerprint density at radius 3 is 2.95 bits per heavy atom. The molecular weight excluding hydrogens is 278 g/mol. The van der Waals surface area contributed by atoms with E-state index in [9.17, 15) is 0 Å². The van der Waals surface area contributed by atoms with Crippen LogP contribution in [0.1, 0.15) is 27.2 Å². The smallest absolute Gasteiger partial charge is 0.142 e. The van der Waals surface area contributed by atoms with Gasteiger partial charge >= 0.3 is 0 Å². The molecule has 0 saturated carbocycles. The molecule has 106 valence electrons. The van der Waals surface area contributed by atoms with Crippen LogP contribution in [-0.2, 0) is 0 Å². The third kappa shape index (κ3) is 4.22. The van der Waals surface area contributed by atoms with Crippen LogP contribution < -0.4 is 10.1 Å². The Bertz CT molecular complexity index is 436. The first kappa shape index (κ1) is 14.9. The summed E-state index contributed by atoms with van der Waals surface area (Å²) in [7, 11) is 0. The fourth-order valence-corrected chi connectivity index (χ4v) is 3.92. The lowest BCUT2D eigenvalue weighted by Crippen LogP contribution is -2.35. The number of nitrogens with one attached hydrogen (secondary N) is 1. The predicted octanol–water partition coefficient (Wildman–Crippen LogP) is 4.68. The van der Waals surface area contributed by atoms with Crippen LogP contribution in [0.3, 0.4) is 0 Å². The second-order valence-electron chi connectivity index (χ2n) is 5.80. The highest BCUT2D eigenvalue weighted by Gasteiger charge is 2.28. The van der Waals surface area contributed by atoms with Crippen molar-refractivity contribution in [2.45, 2.75) is 33.2 Å². The Hall–Kier alpha value is -0.540. The van der Waals surface area contributed by atoms with E-state index < -0.39 is 0 Å². The number of ether oxygens (including phenoxy) is 1. The number of hydrogen-bond acceptors (Lipinski definition) is 3. The normalized spacial score (nSPS) is 22.0. The fraction of sp³-hybridized carbons (Fsp3) is 0.600. The van der Waals surface area contributed by atoms with Crippen molar-refractivity contribution in [3.05, 3.63) is 23.2 Å². The van der Waals surface area contributed by atoms with Gasteiger partial charge < -0.3 is 10.1 Å². The lowest BCUT2D eigenvalue weighted by Gasteiger charge is -2.35. The Morgan fingerprint density at radius 1 is 1.47 bits per heavy atom. The maximum absolute atomic E-state index is 6.09. The topological polar surface area (TPSA) is 21.3 Å². The van der Waals surface area contributed by atoms with Gasteiger partial charge in [-0.25, -0.2) is 0 Å². The molecule has 0 spiro atoms. The predicted molar refractivity (Wildman–Crippen MR) is 85.8 cm³/mol. The van der Waals surface area contributed by atoms with Crippen LogP contribution in [0.25, 0.3) is 0 Å². The maximum atomic E-state index is 6.09. The first-order valence-electron chi connectivity index (χ1n) is 6.77. The molecule has 2 rings (SSSR count). The van der Waals surface area contributed by atoms with Crippen LogP contribution in [-0.4, -0.2) is 24.2 Å². The van der Waals surface area contributed by atoms with Crippen molar-refractivity contribution in [3.8, 4) is 5.75 Å². The number of benzene rings is 1. The summed E-state index contributed by atoms with van der Waals surface area (Å²) in [5.74, 6) is 3.26. The molecule has 19 heavy (non-hydrogen) atoms. The van der Waals surface area contributed by atoms with Gasteiger partial charge in [0.25, 0.3) is 0 Å². The lowest BCUT2D eigenvalue weighted by molar-refractivity contribution is 0.338. The number of halogens is 1. The molecule has 1 aliphatic rings. The van der Waals surface area contributed by atoms with E-state index in [-0.39, 0.29) is 0 Å². The molecule has 0 amide bonds. The van der Waals surface area contributed by atoms with Crippen LogP contribution in [0, 0.1) is 5.41 Å². The van der Waals surface area contributed by atoms with Gasteiger partial charge in [-0.1, -0.05) is 25.4 Å². The van der Waals surface area contributed by atoms with Gasteiger partial charge in [-0.2, -0.15) is 11.8 Å². The van der Waals surface area contributed by atoms with Crippen molar-refractivity contribution >= 4 is 29.1 Å². The summed E-state index contributed by atoms with van der Waals surface area (Å²) in [5.41, 5.74) is 1.41. The molecule has 1 saturated heterocycles. The molecule has 1 atom stereocenters. The van der Waals surface area contributed by atoms with Crippen molar-refractivity contribution in [2.75, 3.05) is 23.4 Å². The Balaban J connectivity index is 2.11. The van der Waals surface area contributed by atoms with E-state index in [2.05, 4.69) is 19.2 Å². The standard InChI is InChI=1S/C15H22ClNOS/c1-4-18-14-6-5-11(16)7-13(14)17-12-8-15(2,3)10-19-9-12/h5-7,12,17H,4,8-10H2,1-3H3. The average molecular weight is 300 g/mol. The Labute approximate surface area is 125 Å². The lowest BCUT2D eigenvalue weighted by atomic mass is 9.88. The van der Waals surface area contributed by atoms with Crippen molar-refractivity contribution in [2.24, 2.45) is 5.41 Å². The van der Waals surface area contributed by atoms with Crippen molar-refractivity contribution in [3.63, 3.8) is 0 Å². The number of rotatable bonds is 4. The molecule has 4 heteroatoms. The van der Waals surface area contributed by atoms with E-state index in [1.54, 1.807) is 0 Å². The molecule has 1 N–H and O–H groups in total. The van der Waals surface area contributed by atoms with Gasteiger partial charge in [-0.15, -0.1) is 0 Å². The first-order valence-corrected chi connectivity index (χ1v) is 8.30. The summed E-state index contributed by atoms with van der Waals surface area (Å²) >= 11 is 8.11. The molecule has 0 aromatic heterocycles. The zero-order valence-corrected chi connectivity index (χ0v) is 13.4. The third-order valence-corrected chi connectivity index (χ3v) is 5.07. The molecule has 2 nitrogen and oxygen atoms in total. The monoisotopic (exact) mass is 299 g/mol. The van der Waals surface area contributed by atoms with E-state index in [1.807, 2.05) is 36.9 Å². The summed E-state index contributed by atoms with van der Waals surface area (Å²) in [6.45, 7) is 7.32. The van der Waals surface area contributed by atoms with E-state index >= 15 is 0 Å². The van der Waals surface area contributed by atoms with Crippen LogP contribution in [0.5, 0.6) is 5.75 Å². The van der Waals surface area contributed by atoms with Gasteiger partial charge in [-0.3, -0.25) is 0 Å². The molecule has 1 heterocycles. The van der Waals surface area contributed by atoms with Crippen LogP contribution in [0.2, 0.25) is 5.02 Å². The van der Waals surface area contributed by atoms with E-state index in [4.69, 9.17) is 16.3 Å². The van der Waals surface area contributed by atoms with E-state index in [1.165, 1.54) is 12.2 Å².